The van der Waals surface area contributed by atoms with Crippen LogP contribution in [-0.2, 0) is 26.6 Å². The third kappa shape index (κ3) is 2.98. The zero-order valence-electron chi connectivity index (χ0n) is 11.3. The molecule has 0 saturated heterocycles. The third-order valence-corrected chi connectivity index (χ3v) is 3.10. The lowest BCUT2D eigenvalue weighted by atomic mass is 10.2. The first kappa shape index (κ1) is 12.8. The highest BCUT2D eigenvalue weighted by Crippen LogP contribution is 2.06. The second-order valence-corrected chi connectivity index (χ2v) is 4.49. The van der Waals surface area contributed by atoms with E-state index in [1.807, 2.05) is 24.1 Å². The number of nitrogens with one attached hydrogen (secondary N) is 1. The SMILES string of the molecule is CCNCc1cn(CCc2nccn2C)nc1C. The summed E-state index contributed by atoms with van der Waals surface area (Å²) in [4.78, 5) is 4.32. The molecule has 5 heteroatoms. The Morgan fingerprint density at radius 3 is 2.89 bits per heavy atom. The molecule has 2 heterocycles. The Hall–Kier alpha value is -1.62. The molecule has 5 nitrogen and oxygen atoms in total. The Balaban J connectivity index is 1.95. The lowest BCUT2D eigenvalue weighted by Gasteiger charge is -2.02. The van der Waals surface area contributed by atoms with Crippen molar-refractivity contribution in [1.29, 1.82) is 0 Å². The van der Waals surface area contributed by atoms with Crippen LogP contribution in [0.2, 0.25) is 0 Å². The van der Waals surface area contributed by atoms with Crippen molar-refractivity contribution < 1.29 is 0 Å². The molecule has 98 valence electrons. The van der Waals surface area contributed by atoms with Gasteiger partial charge in [0, 0.05) is 50.7 Å². The van der Waals surface area contributed by atoms with Crippen LogP contribution in [0.5, 0.6) is 0 Å². The number of hydrogen-bond donors (Lipinski definition) is 1. The largest absolute Gasteiger partial charge is 0.338 e. The minimum absolute atomic E-state index is 0.873. The van der Waals surface area contributed by atoms with Gasteiger partial charge in [0.15, 0.2) is 0 Å². The molecule has 0 aliphatic carbocycles. The van der Waals surface area contributed by atoms with Crippen molar-refractivity contribution >= 4 is 0 Å². The highest BCUT2D eigenvalue weighted by molar-refractivity contribution is 5.15. The van der Waals surface area contributed by atoms with Crippen LogP contribution in [0.4, 0.5) is 0 Å². The van der Waals surface area contributed by atoms with E-state index in [9.17, 15) is 0 Å². The van der Waals surface area contributed by atoms with Crippen molar-refractivity contribution in [1.82, 2.24) is 24.6 Å². The summed E-state index contributed by atoms with van der Waals surface area (Å²) in [5.74, 6) is 1.09. The predicted molar refractivity (Wildman–Crippen MR) is 71.3 cm³/mol. The maximum absolute atomic E-state index is 4.53. The topological polar surface area (TPSA) is 47.7 Å². The summed E-state index contributed by atoms with van der Waals surface area (Å²) in [6.45, 7) is 6.92. The smallest absolute Gasteiger partial charge is 0.110 e. The summed E-state index contributed by atoms with van der Waals surface area (Å²) in [5.41, 5.74) is 2.38. The van der Waals surface area contributed by atoms with E-state index in [1.165, 1.54) is 5.56 Å². The van der Waals surface area contributed by atoms with Gasteiger partial charge in [0.25, 0.3) is 0 Å². The van der Waals surface area contributed by atoms with E-state index >= 15 is 0 Å². The molecular weight excluding hydrogens is 226 g/mol. The van der Waals surface area contributed by atoms with Gasteiger partial charge in [0.05, 0.1) is 5.69 Å². The van der Waals surface area contributed by atoms with E-state index in [-0.39, 0.29) is 0 Å². The fraction of sp³-hybridized carbons (Fsp3) is 0.538. The predicted octanol–water partition coefficient (Wildman–Crippen LogP) is 1.28. The molecule has 0 atom stereocenters. The molecule has 0 radical (unpaired) electrons. The second-order valence-electron chi connectivity index (χ2n) is 4.49. The van der Waals surface area contributed by atoms with E-state index in [2.05, 4.69) is 40.0 Å². The fourth-order valence-corrected chi connectivity index (χ4v) is 1.96. The highest BCUT2D eigenvalue weighted by atomic mass is 15.3. The minimum Gasteiger partial charge on any atom is -0.338 e. The van der Waals surface area contributed by atoms with Crippen LogP contribution < -0.4 is 5.32 Å². The van der Waals surface area contributed by atoms with Crippen LogP contribution in [0.3, 0.4) is 0 Å². The Morgan fingerprint density at radius 2 is 2.22 bits per heavy atom. The Bertz CT molecular complexity index is 497. The molecule has 0 bridgehead atoms. The summed E-state index contributed by atoms with van der Waals surface area (Å²) >= 11 is 0. The summed E-state index contributed by atoms with van der Waals surface area (Å²) < 4.78 is 4.06. The van der Waals surface area contributed by atoms with E-state index in [1.54, 1.807) is 0 Å². The normalized spacial score (nSPS) is 11.1. The van der Waals surface area contributed by atoms with Crippen LogP contribution in [0, 0.1) is 6.92 Å². The van der Waals surface area contributed by atoms with Gasteiger partial charge < -0.3 is 9.88 Å². The zero-order chi connectivity index (χ0) is 13.0. The average molecular weight is 247 g/mol. The molecule has 0 fully saturated rings. The highest BCUT2D eigenvalue weighted by Gasteiger charge is 2.05. The molecule has 0 spiro atoms. The van der Waals surface area contributed by atoms with Gasteiger partial charge >= 0.3 is 0 Å². The van der Waals surface area contributed by atoms with E-state index < -0.39 is 0 Å². The van der Waals surface area contributed by atoms with Crippen LogP contribution in [-0.4, -0.2) is 25.9 Å². The lowest BCUT2D eigenvalue weighted by molar-refractivity contribution is 0.585. The number of nitrogens with zero attached hydrogens (tertiary/aromatic N) is 4. The van der Waals surface area contributed by atoms with Crippen LogP contribution in [0.15, 0.2) is 18.6 Å². The first-order valence-electron chi connectivity index (χ1n) is 6.40. The van der Waals surface area contributed by atoms with Crippen molar-refractivity contribution in [2.75, 3.05) is 6.54 Å². The van der Waals surface area contributed by atoms with Crippen molar-refractivity contribution in [2.24, 2.45) is 7.05 Å². The summed E-state index contributed by atoms with van der Waals surface area (Å²) in [6.07, 6.45) is 6.84. The molecule has 0 aromatic carbocycles. The van der Waals surface area contributed by atoms with Crippen LogP contribution in [0.1, 0.15) is 24.0 Å². The van der Waals surface area contributed by atoms with Crippen molar-refractivity contribution in [3.8, 4) is 0 Å². The number of rotatable bonds is 6. The van der Waals surface area contributed by atoms with Crippen molar-refractivity contribution in [3.63, 3.8) is 0 Å². The van der Waals surface area contributed by atoms with Gasteiger partial charge in [-0.25, -0.2) is 4.98 Å². The van der Waals surface area contributed by atoms with Crippen molar-refractivity contribution in [2.45, 2.75) is 33.4 Å². The number of imidazole rings is 1. The zero-order valence-corrected chi connectivity index (χ0v) is 11.3. The molecule has 2 aromatic heterocycles. The number of aromatic nitrogens is 4. The van der Waals surface area contributed by atoms with Gasteiger partial charge in [0.2, 0.25) is 0 Å². The first-order valence-corrected chi connectivity index (χ1v) is 6.40. The Morgan fingerprint density at radius 1 is 1.39 bits per heavy atom. The number of hydrogen-bond acceptors (Lipinski definition) is 3. The third-order valence-electron chi connectivity index (χ3n) is 3.10. The van der Waals surface area contributed by atoms with Gasteiger partial charge in [-0.1, -0.05) is 6.92 Å². The molecule has 1 N–H and O–H groups in total. The minimum atomic E-state index is 0.873. The molecule has 0 unspecified atom stereocenters. The molecule has 2 aromatic rings. The van der Waals surface area contributed by atoms with E-state index in [0.29, 0.717) is 0 Å². The fourth-order valence-electron chi connectivity index (χ4n) is 1.96. The van der Waals surface area contributed by atoms with Gasteiger partial charge in [-0.05, 0) is 13.5 Å². The molecular formula is C13H21N5. The summed E-state index contributed by atoms with van der Waals surface area (Å²) in [7, 11) is 2.02. The summed E-state index contributed by atoms with van der Waals surface area (Å²) in [5, 5.41) is 7.86. The standard InChI is InChI=1S/C13H21N5/c1-4-14-9-12-10-18(16-11(12)2)7-5-13-15-6-8-17(13)3/h6,8,10,14H,4-5,7,9H2,1-3H3. The lowest BCUT2D eigenvalue weighted by Crippen LogP contribution is -2.11. The van der Waals surface area contributed by atoms with Crippen molar-refractivity contribution in [3.05, 3.63) is 35.7 Å². The van der Waals surface area contributed by atoms with Gasteiger partial charge in [-0.15, -0.1) is 0 Å². The summed E-state index contributed by atoms with van der Waals surface area (Å²) in [6, 6.07) is 0. The molecule has 2 rings (SSSR count). The molecule has 0 aliphatic rings. The Kier molecular flexibility index (Phi) is 4.15. The van der Waals surface area contributed by atoms with Gasteiger partial charge in [-0.2, -0.15) is 5.10 Å². The van der Waals surface area contributed by atoms with Gasteiger partial charge in [-0.3, -0.25) is 4.68 Å². The second kappa shape index (κ2) is 5.82. The maximum atomic E-state index is 4.53. The monoisotopic (exact) mass is 247 g/mol. The molecule has 0 saturated carbocycles. The number of aryl methyl sites for hydroxylation is 4. The molecule has 0 aliphatic heterocycles. The van der Waals surface area contributed by atoms with Crippen LogP contribution >= 0.6 is 0 Å². The Labute approximate surface area is 108 Å². The van der Waals surface area contributed by atoms with E-state index in [4.69, 9.17) is 0 Å². The van der Waals surface area contributed by atoms with Gasteiger partial charge in [0.1, 0.15) is 5.82 Å². The van der Waals surface area contributed by atoms with E-state index in [0.717, 1.165) is 37.6 Å². The quantitative estimate of drug-likeness (QED) is 0.836. The molecule has 18 heavy (non-hydrogen) atoms. The van der Waals surface area contributed by atoms with Crippen LogP contribution in [0.25, 0.3) is 0 Å². The average Bonchev–Trinajstić information content (AvgIpc) is 2.91. The first-order chi connectivity index (χ1) is 8.70. The molecule has 0 amide bonds. The maximum Gasteiger partial charge on any atom is 0.110 e.